The van der Waals surface area contributed by atoms with E-state index in [0.717, 1.165) is 9.80 Å². The Kier molecular flexibility index (Phi) is 4.52. The molecule has 1 fully saturated rings. The van der Waals surface area contributed by atoms with E-state index in [9.17, 15) is 9.59 Å². The van der Waals surface area contributed by atoms with E-state index in [1.54, 1.807) is 42.5 Å². The Hall–Kier alpha value is -2.77. The van der Waals surface area contributed by atoms with Gasteiger partial charge in [0.15, 0.2) is 10.8 Å². The minimum absolute atomic E-state index is 0.0266. The fourth-order valence-corrected chi connectivity index (χ4v) is 2.99. The van der Waals surface area contributed by atoms with Gasteiger partial charge in [-0.15, -0.1) is 0 Å². The average Bonchev–Trinajstić information content (AvgIpc) is 2.84. The molecule has 0 unspecified atom stereocenters. The van der Waals surface area contributed by atoms with Crippen LogP contribution in [0.5, 0.6) is 0 Å². The number of hydrogen-bond acceptors (Lipinski definition) is 5. The van der Waals surface area contributed by atoms with Gasteiger partial charge in [0.2, 0.25) is 0 Å². The first-order chi connectivity index (χ1) is 12.0. The Morgan fingerprint density at radius 3 is 2.32 bits per heavy atom. The molecular formula is C17H12ClN3O3S. The van der Waals surface area contributed by atoms with Crippen molar-refractivity contribution in [3.8, 4) is 0 Å². The summed E-state index contributed by atoms with van der Waals surface area (Å²) in [5.41, 5.74) is 0.776. The molecule has 0 saturated carbocycles. The van der Waals surface area contributed by atoms with Gasteiger partial charge in [-0.25, -0.2) is 19.4 Å². The van der Waals surface area contributed by atoms with Gasteiger partial charge in [0.25, 0.3) is 0 Å². The van der Waals surface area contributed by atoms with E-state index in [1.165, 1.54) is 13.2 Å². The van der Waals surface area contributed by atoms with E-state index >= 15 is 0 Å². The van der Waals surface area contributed by atoms with Gasteiger partial charge in [0.05, 0.1) is 29.1 Å². The van der Waals surface area contributed by atoms with Crippen molar-refractivity contribution in [3.63, 3.8) is 0 Å². The first-order valence-corrected chi connectivity index (χ1v) is 7.95. The lowest BCUT2D eigenvalue weighted by molar-refractivity contribution is 0.0601. The fraction of sp³-hybridized carbons (Fsp3) is 0.0588. The van der Waals surface area contributed by atoms with Crippen LogP contribution in [0.15, 0.2) is 48.5 Å². The van der Waals surface area contributed by atoms with Crippen LogP contribution in [-0.4, -0.2) is 29.9 Å². The van der Waals surface area contributed by atoms with Crippen LogP contribution in [0.25, 0.3) is 0 Å². The summed E-state index contributed by atoms with van der Waals surface area (Å²) in [5.74, 6) is -0.790. The van der Waals surface area contributed by atoms with Crippen LogP contribution in [0.4, 0.5) is 16.2 Å². The van der Waals surface area contributed by atoms with Crippen LogP contribution in [-0.2, 0) is 4.74 Å². The molecule has 126 valence electrons. The Bertz CT molecular complexity index is 916. The number of hydrogen-bond donors (Lipinski definition) is 1. The molecule has 2 amide bonds. The molecule has 0 aliphatic carbocycles. The van der Waals surface area contributed by atoms with Crippen molar-refractivity contribution in [2.24, 2.45) is 0 Å². The number of esters is 1. The van der Waals surface area contributed by atoms with Gasteiger partial charge in [-0.3, -0.25) is 5.41 Å². The zero-order valence-corrected chi connectivity index (χ0v) is 14.6. The van der Waals surface area contributed by atoms with E-state index in [4.69, 9.17) is 34.0 Å². The third-order valence-corrected chi connectivity index (χ3v) is 4.35. The Morgan fingerprint density at radius 1 is 1.08 bits per heavy atom. The number of rotatable bonds is 3. The molecule has 0 atom stereocenters. The highest BCUT2D eigenvalue weighted by Gasteiger charge is 2.42. The summed E-state index contributed by atoms with van der Waals surface area (Å²) in [4.78, 5) is 27.2. The molecule has 0 bridgehead atoms. The van der Waals surface area contributed by atoms with Crippen molar-refractivity contribution in [2.75, 3.05) is 16.9 Å². The lowest BCUT2D eigenvalue weighted by Crippen LogP contribution is -2.34. The third-order valence-electron chi connectivity index (χ3n) is 3.66. The molecule has 3 rings (SSSR count). The van der Waals surface area contributed by atoms with Crippen molar-refractivity contribution in [2.45, 2.75) is 0 Å². The molecule has 6 nitrogen and oxygen atoms in total. The molecule has 1 heterocycles. The molecule has 0 radical (unpaired) electrons. The van der Waals surface area contributed by atoms with Crippen molar-refractivity contribution in [1.29, 1.82) is 5.41 Å². The highest BCUT2D eigenvalue weighted by atomic mass is 35.5. The van der Waals surface area contributed by atoms with E-state index < -0.39 is 12.0 Å². The van der Waals surface area contributed by atoms with E-state index in [2.05, 4.69) is 0 Å². The number of urea groups is 1. The normalized spacial score (nSPS) is 14.2. The monoisotopic (exact) mass is 373 g/mol. The number of carbonyl (C=O) groups excluding carboxylic acids is 2. The van der Waals surface area contributed by atoms with Crippen LogP contribution in [0.2, 0.25) is 5.02 Å². The number of benzene rings is 2. The number of carbonyl (C=O) groups is 2. The lowest BCUT2D eigenvalue weighted by Gasteiger charge is -2.19. The van der Waals surface area contributed by atoms with Crippen molar-refractivity contribution in [1.82, 2.24) is 0 Å². The van der Waals surface area contributed by atoms with Gasteiger partial charge < -0.3 is 4.74 Å². The van der Waals surface area contributed by atoms with Gasteiger partial charge in [0, 0.05) is 0 Å². The molecule has 0 aromatic heterocycles. The smallest absolute Gasteiger partial charge is 0.340 e. The fourth-order valence-electron chi connectivity index (χ4n) is 2.50. The zero-order chi connectivity index (χ0) is 18.1. The molecule has 1 aliphatic rings. The van der Waals surface area contributed by atoms with Crippen LogP contribution in [0.1, 0.15) is 10.4 Å². The highest BCUT2D eigenvalue weighted by Crippen LogP contribution is 2.33. The molecule has 2 aromatic rings. The number of amides is 2. The largest absolute Gasteiger partial charge is 0.465 e. The maximum Gasteiger partial charge on any atom is 0.340 e. The van der Waals surface area contributed by atoms with Gasteiger partial charge in [-0.2, -0.15) is 0 Å². The summed E-state index contributed by atoms with van der Waals surface area (Å²) >= 11 is 11.4. The lowest BCUT2D eigenvalue weighted by atomic mass is 10.1. The number of methoxy groups -OCH3 is 1. The summed E-state index contributed by atoms with van der Waals surface area (Å²) in [6.07, 6.45) is 0. The Morgan fingerprint density at radius 2 is 1.68 bits per heavy atom. The summed E-state index contributed by atoms with van der Waals surface area (Å²) in [6, 6.07) is 12.5. The summed E-state index contributed by atoms with van der Waals surface area (Å²) in [6.45, 7) is 0. The number of amidine groups is 1. The summed E-state index contributed by atoms with van der Waals surface area (Å²) in [7, 11) is 1.25. The molecule has 0 spiro atoms. The molecular weight excluding hydrogens is 362 g/mol. The van der Waals surface area contributed by atoms with Gasteiger partial charge in [-0.05, 0) is 24.3 Å². The van der Waals surface area contributed by atoms with Crippen LogP contribution >= 0.6 is 23.8 Å². The van der Waals surface area contributed by atoms with Crippen LogP contribution < -0.4 is 9.80 Å². The van der Waals surface area contributed by atoms with Crippen LogP contribution in [0, 0.1) is 5.41 Å². The van der Waals surface area contributed by atoms with Crippen molar-refractivity contribution < 1.29 is 14.3 Å². The molecule has 1 N–H and O–H groups in total. The third kappa shape index (κ3) is 2.77. The average molecular weight is 374 g/mol. The quantitative estimate of drug-likeness (QED) is 0.654. The first kappa shape index (κ1) is 17.1. The number of thiocarbonyl (C=S) groups is 1. The number of para-hydroxylation sites is 2. The number of halogens is 1. The maximum atomic E-state index is 13.0. The van der Waals surface area contributed by atoms with Crippen LogP contribution in [0.3, 0.4) is 0 Å². The Labute approximate surface area is 154 Å². The minimum Gasteiger partial charge on any atom is -0.465 e. The van der Waals surface area contributed by atoms with Crippen molar-refractivity contribution >= 4 is 58.0 Å². The zero-order valence-electron chi connectivity index (χ0n) is 13.0. The molecule has 1 aliphatic heterocycles. The highest BCUT2D eigenvalue weighted by molar-refractivity contribution is 7.82. The second-order valence-corrected chi connectivity index (χ2v) is 5.86. The standard InChI is InChI=1S/C17H12ClN3O3S/c1-24-16(22)10-6-2-4-8-12(10)21-15(25)14(19)20(17(21)23)13-9-5-3-7-11(13)18/h2-9,19H,1H3. The Balaban J connectivity index is 2.10. The topological polar surface area (TPSA) is 73.7 Å². The number of ether oxygens (including phenoxy) is 1. The predicted octanol–water partition coefficient (Wildman–Crippen LogP) is 3.88. The van der Waals surface area contributed by atoms with Gasteiger partial charge >= 0.3 is 12.0 Å². The summed E-state index contributed by atoms with van der Waals surface area (Å²) < 4.78 is 4.76. The maximum absolute atomic E-state index is 13.0. The number of anilines is 2. The second kappa shape index (κ2) is 6.62. The predicted molar refractivity (Wildman–Crippen MR) is 99.9 cm³/mol. The number of nitrogens with zero attached hydrogens (tertiary/aromatic N) is 2. The summed E-state index contributed by atoms with van der Waals surface area (Å²) in [5, 5.41) is 8.54. The minimum atomic E-state index is -0.603. The SMILES string of the molecule is COC(=O)c1ccccc1N1C(=O)N(c2ccccc2Cl)C(=N)C1=S. The van der Waals surface area contributed by atoms with E-state index in [0.29, 0.717) is 10.7 Å². The first-order valence-electron chi connectivity index (χ1n) is 7.16. The number of nitrogens with one attached hydrogen (secondary N) is 1. The molecule has 1 saturated heterocycles. The second-order valence-electron chi connectivity index (χ2n) is 5.07. The van der Waals surface area contributed by atoms with E-state index in [1.807, 2.05) is 0 Å². The molecule has 2 aromatic carbocycles. The van der Waals surface area contributed by atoms with Crippen molar-refractivity contribution in [3.05, 3.63) is 59.1 Å². The van der Waals surface area contributed by atoms with E-state index in [-0.39, 0.29) is 22.1 Å². The molecule has 25 heavy (non-hydrogen) atoms. The molecule has 8 heteroatoms. The van der Waals surface area contributed by atoms with Gasteiger partial charge in [-0.1, -0.05) is 48.1 Å². The van der Waals surface area contributed by atoms with Gasteiger partial charge in [0.1, 0.15) is 0 Å².